The minimum Gasteiger partial charge on any atom is -0.368 e. The van der Waals surface area contributed by atoms with Crippen molar-refractivity contribution in [3.8, 4) is 0 Å². The zero-order valence-electron chi connectivity index (χ0n) is 18.3. The van der Waals surface area contributed by atoms with Crippen LogP contribution in [0.5, 0.6) is 0 Å². The lowest BCUT2D eigenvalue weighted by Gasteiger charge is -2.11. The van der Waals surface area contributed by atoms with Crippen molar-refractivity contribution < 1.29 is 9.84 Å². The van der Waals surface area contributed by atoms with E-state index in [4.69, 9.17) is 4.74 Å². The molecule has 0 aromatic heterocycles. The molecule has 2 heteroatoms. The number of unbranched alkanes of at least 4 members (excludes halogenated alkanes) is 17. The van der Waals surface area contributed by atoms with E-state index in [2.05, 4.69) is 13.8 Å². The molecule has 1 atom stereocenters. The van der Waals surface area contributed by atoms with Crippen molar-refractivity contribution in [2.75, 3.05) is 6.61 Å². The Labute approximate surface area is 165 Å². The number of hydrogen-bond donors (Lipinski definition) is 1. The smallest absolute Gasteiger partial charge is 0.154 e. The van der Waals surface area contributed by atoms with Gasteiger partial charge in [-0.25, -0.2) is 0 Å². The molecule has 0 amide bonds. The topological polar surface area (TPSA) is 29.5 Å². The third-order valence-corrected chi connectivity index (χ3v) is 5.36. The molecule has 0 fully saturated rings. The van der Waals surface area contributed by atoms with Crippen LogP contribution < -0.4 is 0 Å². The molecule has 0 aromatic rings. The molecule has 0 radical (unpaired) electrons. The molecule has 1 N–H and O–H groups in total. The first kappa shape index (κ1) is 25.9. The van der Waals surface area contributed by atoms with Gasteiger partial charge in [-0.2, -0.15) is 0 Å². The predicted octanol–water partition coefficient (Wildman–Crippen LogP) is 8.16. The fourth-order valence-electron chi connectivity index (χ4n) is 3.52. The van der Waals surface area contributed by atoms with Crippen molar-refractivity contribution >= 4 is 0 Å². The van der Waals surface area contributed by atoms with Crippen LogP contribution in [-0.4, -0.2) is 18.0 Å². The molecule has 0 saturated heterocycles. The van der Waals surface area contributed by atoms with E-state index in [1.54, 1.807) is 0 Å². The van der Waals surface area contributed by atoms with Crippen molar-refractivity contribution in [2.45, 2.75) is 149 Å². The molecule has 0 bridgehead atoms. The highest BCUT2D eigenvalue weighted by atomic mass is 16.6. The van der Waals surface area contributed by atoms with Crippen molar-refractivity contribution in [3.05, 3.63) is 0 Å². The van der Waals surface area contributed by atoms with E-state index >= 15 is 0 Å². The molecule has 0 rings (SSSR count). The number of aliphatic hydroxyl groups excluding tert-OH is 1. The number of hydrogen-bond acceptors (Lipinski definition) is 2. The van der Waals surface area contributed by atoms with Gasteiger partial charge in [-0.05, 0) is 19.3 Å². The zero-order valence-corrected chi connectivity index (χ0v) is 18.3. The molecule has 26 heavy (non-hydrogen) atoms. The van der Waals surface area contributed by atoms with Gasteiger partial charge in [0.25, 0.3) is 0 Å². The first-order valence-corrected chi connectivity index (χ1v) is 12.1. The van der Waals surface area contributed by atoms with Crippen LogP contribution >= 0.6 is 0 Å². The summed E-state index contributed by atoms with van der Waals surface area (Å²) in [5, 5.41) is 9.87. The Kier molecular flexibility index (Phi) is 22.9. The van der Waals surface area contributed by atoms with E-state index in [1.165, 1.54) is 109 Å². The third-order valence-electron chi connectivity index (χ3n) is 5.36. The number of aliphatic hydroxyl groups is 1. The second-order valence-corrected chi connectivity index (χ2v) is 8.12. The first-order valence-electron chi connectivity index (χ1n) is 12.1. The van der Waals surface area contributed by atoms with E-state index in [0.29, 0.717) is 0 Å². The lowest BCUT2D eigenvalue weighted by molar-refractivity contribution is -0.105. The fourth-order valence-corrected chi connectivity index (χ4v) is 3.52. The Balaban J connectivity index is 3.12. The lowest BCUT2D eigenvalue weighted by atomic mass is 10.1. The summed E-state index contributed by atoms with van der Waals surface area (Å²) in [4.78, 5) is 0. The monoisotopic (exact) mass is 370 g/mol. The summed E-state index contributed by atoms with van der Waals surface area (Å²) >= 11 is 0. The van der Waals surface area contributed by atoms with Gasteiger partial charge in [0.1, 0.15) is 0 Å². The van der Waals surface area contributed by atoms with Gasteiger partial charge in [0, 0.05) is 6.61 Å². The van der Waals surface area contributed by atoms with Gasteiger partial charge < -0.3 is 9.84 Å². The van der Waals surface area contributed by atoms with Crippen LogP contribution in [-0.2, 0) is 4.74 Å². The molecule has 0 aliphatic heterocycles. The Morgan fingerprint density at radius 2 is 0.846 bits per heavy atom. The molecular formula is C24H50O2. The third kappa shape index (κ3) is 22.0. The maximum Gasteiger partial charge on any atom is 0.154 e. The molecule has 2 nitrogen and oxygen atoms in total. The van der Waals surface area contributed by atoms with Crippen LogP contribution in [0.25, 0.3) is 0 Å². The summed E-state index contributed by atoms with van der Waals surface area (Å²) < 4.78 is 5.54. The van der Waals surface area contributed by atoms with Crippen LogP contribution in [0.2, 0.25) is 0 Å². The second-order valence-electron chi connectivity index (χ2n) is 8.12. The molecule has 0 heterocycles. The van der Waals surface area contributed by atoms with E-state index in [1.807, 2.05) is 0 Å². The molecule has 0 spiro atoms. The standard InChI is InChI=1S/C24H50O2/c1-3-5-7-9-11-13-15-17-19-21-23-26-24(25)22-20-18-16-14-12-10-8-6-4-2/h24-25H,3-23H2,1-2H3. The van der Waals surface area contributed by atoms with Gasteiger partial charge in [0.15, 0.2) is 6.29 Å². The molecule has 158 valence electrons. The molecule has 0 aliphatic rings. The maximum absolute atomic E-state index is 9.87. The van der Waals surface area contributed by atoms with Gasteiger partial charge in [0.2, 0.25) is 0 Å². The van der Waals surface area contributed by atoms with Crippen LogP contribution in [0.15, 0.2) is 0 Å². The van der Waals surface area contributed by atoms with Gasteiger partial charge in [-0.3, -0.25) is 0 Å². The van der Waals surface area contributed by atoms with E-state index in [0.717, 1.165) is 25.9 Å². The number of ether oxygens (including phenoxy) is 1. The first-order chi connectivity index (χ1) is 12.8. The summed E-state index contributed by atoms with van der Waals surface area (Å²) in [5.41, 5.74) is 0. The Hall–Kier alpha value is -0.0800. The second kappa shape index (κ2) is 23.0. The highest BCUT2D eigenvalue weighted by molar-refractivity contribution is 4.50. The maximum atomic E-state index is 9.87. The van der Waals surface area contributed by atoms with Gasteiger partial charge in [-0.15, -0.1) is 0 Å². The lowest BCUT2D eigenvalue weighted by Crippen LogP contribution is -2.12. The average molecular weight is 371 g/mol. The highest BCUT2D eigenvalue weighted by Crippen LogP contribution is 2.13. The van der Waals surface area contributed by atoms with Crippen LogP contribution in [0.3, 0.4) is 0 Å². The quantitative estimate of drug-likeness (QED) is 0.154. The van der Waals surface area contributed by atoms with Crippen LogP contribution in [0, 0.1) is 0 Å². The van der Waals surface area contributed by atoms with Gasteiger partial charge >= 0.3 is 0 Å². The average Bonchev–Trinajstić information content (AvgIpc) is 2.64. The molecule has 1 unspecified atom stereocenters. The Morgan fingerprint density at radius 1 is 0.500 bits per heavy atom. The number of rotatable bonds is 22. The minimum absolute atomic E-state index is 0.530. The largest absolute Gasteiger partial charge is 0.368 e. The molecule has 0 aliphatic carbocycles. The van der Waals surface area contributed by atoms with Crippen LogP contribution in [0.1, 0.15) is 142 Å². The highest BCUT2D eigenvalue weighted by Gasteiger charge is 2.03. The van der Waals surface area contributed by atoms with Crippen LogP contribution in [0.4, 0.5) is 0 Å². The van der Waals surface area contributed by atoms with Crippen molar-refractivity contribution in [2.24, 2.45) is 0 Å². The van der Waals surface area contributed by atoms with Crippen molar-refractivity contribution in [3.63, 3.8) is 0 Å². The fraction of sp³-hybridized carbons (Fsp3) is 1.00. The van der Waals surface area contributed by atoms with E-state index < -0.39 is 6.29 Å². The van der Waals surface area contributed by atoms with Gasteiger partial charge in [0.05, 0.1) is 0 Å². The SMILES string of the molecule is CCCCCCCCCCCCOC(O)CCCCCCCCCCC. The Bertz CT molecular complexity index is 242. The minimum atomic E-state index is -0.530. The molecular weight excluding hydrogens is 320 g/mol. The van der Waals surface area contributed by atoms with Gasteiger partial charge in [-0.1, -0.05) is 123 Å². The van der Waals surface area contributed by atoms with Crippen molar-refractivity contribution in [1.82, 2.24) is 0 Å². The summed E-state index contributed by atoms with van der Waals surface area (Å²) in [6.07, 6.45) is 25.6. The van der Waals surface area contributed by atoms with E-state index in [-0.39, 0.29) is 0 Å². The predicted molar refractivity (Wildman–Crippen MR) is 116 cm³/mol. The van der Waals surface area contributed by atoms with Crippen molar-refractivity contribution in [1.29, 1.82) is 0 Å². The molecule has 0 aromatic carbocycles. The Morgan fingerprint density at radius 3 is 1.27 bits per heavy atom. The zero-order chi connectivity index (χ0) is 19.1. The summed E-state index contributed by atoms with van der Waals surface area (Å²) in [5.74, 6) is 0. The van der Waals surface area contributed by atoms with E-state index in [9.17, 15) is 5.11 Å². The normalized spacial score (nSPS) is 12.6. The summed E-state index contributed by atoms with van der Waals surface area (Å²) in [7, 11) is 0. The molecule has 0 saturated carbocycles. The summed E-state index contributed by atoms with van der Waals surface area (Å²) in [6.45, 7) is 5.27. The summed E-state index contributed by atoms with van der Waals surface area (Å²) in [6, 6.07) is 0.